The lowest BCUT2D eigenvalue weighted by Gasteiger charge is -2.41. The number of carbonyl (C=O) groups is 8. The molecule has 0 spiro atoms. The number of nitrogens with one attached hydrogen (secondary N) is 5. The fourth-order valence-corrected chi connectivity index (χ4v) is 6.94. The first-order valence-electron chi connectivity index (χ1n) is 20.3. The lowest BCUT2D eigenvalue weighted by Crippen LogP contribution is -2.56. The van der Waals surface area contributed by atoms with Crippen LogP contribution in [0.15, 0.2) is 60.8 Å². The second-order valence-corrected chi connectivity index (χ2v) is 16.0. The van der Waals surface area contributed by atoms with Gasteiger partial charge in [0.05, 0.1) is 19.0 Å². The smallest absolute Gasteiger partial charge is 0.326 e. The zero-order valence-corrected chi connectivity index (χ0v) is 36.0. The van der Waals surface area contributed by atoms with Crippen LogP contribution >= 0.6 is 0 Å². The molecule has 0 fully saturated rings. The molecule has 1 aromatic heterocycles. The van der Waals surface area contributed by atoms with Gasteiger partial charge in [-0.3, -0.25) is 33.6 Å². The summed E-state index contributed by atoms with van der Waals surface area (Å²) in [6.07, 6.45) is -0.875. The van der Waals surface area contributed by atoms with E-state index < -0.39 is 127 Å². The topological polar surface area (TPSA) is 292 Å². The molecule has 1 heterocycles. The van der Waals surface area contributed by atoms with Gasteiger partial charge in [-0.05, 0) is 55.1 Å². The van der Waals surface area contributed by atoms with Crippen LogP contribution in [0.3, 0.4) is 0 Å². The minimum absolute atomic E-state index is 0.0556. The van der Waals surface area contributed by atoms with Crippen molar-refractivity contribution in [3.05, 3.63) is 83.7 Å². The van der Waals surface area contributed by atoms with Gasteiger partial charge in [0.2, 0.25) is 35.4 Å². The summed E-state index contributed by atoms with van der Waals surface area (Å²) < 4.78 is 31.5. The second-order valence-electron chi connectivity index (χ2n) is 16.0. The van der Waals surface area contributed by atoms with E-state index in [2.05, 4.69) is 26.6 Å². The van der Waals surface area contributed by atoms with Crippen LogP contribution in [0.25, 0.3) is 11.1 Å². The maximum absolute atomic E-state index is 15.2. The number of nitrogens with two attached hydrogens (primary N) is 1. The molecule has 19 nitrogen and oxygen atoms in total. The van der Waals surface area contributed by atoms with Crippen molar-refractivity contribution in [2.45, 2.75) is 83.6 Å². The molecule has 0 saturated heterocycles. The molecule has 21 heteroatoms. The van der Waals surface area contributed by atoms with Crippen molar-refractivity contribution in [2.75, 3.05) is 33.3 Å². The molecule has 0 bridgehead atoms. The van der Waals surface area contributed by atoms with Crippen molar-refractivity contribution in [3.63, 3.8) is 0 Å². The van der Waals surface area contributed by atoms with Crippen LogP contribution in [0.5, 0.6) is 0 Å². The van der Waals surface area contributed by atoms with E-state index in [1.807, 2.05) is 30.3 Å². The SMILES string of the molecule is CNCC(=O)N[C@@H](CC(N)=O)C(=O)N[C@@H](CCN(C(=O)CO)[C@@H](c1cc(-c2cc(F)ccc2F)cn1Cc1ccccc1)C(C)(C)C)C(=O)NCCC(=O)N[C@@H](CCC(=O)O)C(=O)O. The Morgan fingerprint density at radius 2 is 1.50 bits per heavy atom. The molecular formula is C43H56F2N8O11. The van der Waals surface area contributed by atoms with Crippen molar-refractivity contribution in [2.24, 2.45) is 11.1 Å². The van der Waals surface area contributed by atoms with E-state index in [1.54, 1.807) is 37.6 Å². The largest absolute Gasteiger partial charge is 0.481 e. The number of rotatable bonds is 25. The summed E-state index contributed by atoms with van der Waals surface area (Å²) in [7, 11) is 1.46. The number of likely N-dealkylation sites (N-methyl/N-ethyl adjacent to an activating group) is 1. The summed E-state index contributed by atoms with van der Waals surface area (Å²) in [5, 5.41) is 40.8. The van der Waals surface area contributed by atoms with Crippen molar-refractivity contribution >= 4 is 47.4 Å². The second kappa shape index (κ2) is 24.2. The quantitative estimate of drug-likeness (QED) is 0.0571. The van der Waals surface area contributed by atoms with Gasteiger partial charge in [-0.1, -0.05) is 51.1 Å². The lowest BCUT2D eigenvalue weighted by atomic mass is 9.82. The van der Waals surface area contributed by atoms with Crippen LogP contribution in [0.4, 0.5) is 8.78 Å². The number of aliphatic hydroxyl groups excluding tert-OH is 1. The normalized spacial score (nSPS) is 13.1. The highest BCUT2D eigenvalue weighted by atomic mass is 19.1. The summed E-state index contributed by atoms with van der Waals surface area (Å²) in [5.41, 5.74) is 5.97. The molecule has 4 atom stereocenters. The Balaban J connectivity index is 2.05. The van der Waals surface area contributed by atoms with Crippen molar-refractivity contribution in [1.29, 1.82) is 0 Å². The molecular weight excluding hydrogens is 843 g/mol. The van der Waals surface area contributed by atoms with Gasteiger partial charge in [0.25, 0.3) is 0 Å². The average molecular weight is 899 g/mol. The Kier molecular flexibility index (Phi) is 19.5. The van der Waals surface area contributed by atoms with Gasteiger partial charge in [-0.2, -0.15) is 0 Å². The number of carboxylic acids is 2. The van der Waals surface area contributed by atoms with Crippen LogP contribution < -0.4 is 32.3 Å². The van der Waals surface area contributed by atoms with E-state index in [0.717, 1.165) is 23.8 Å². The van der Waals surface area contributed by atoms with Crippen molar-refractivity contribution < 1.29 is 62.5 Å². The zero-order chi connectivity index (χ0) is 47.7. The van der Waals surface area contributed by atoms with Crippen LogP contribution in [-0.2, 0) is 44.9 Å². The number of hydrogen-bond donors (Lipinski definition) is 9. The Labute approximate surface area is 368 Å². The standard InChI is InChI=1S/C43H56F2N8O11/c1-43(2,3)39(33-18-26(28-19-27(44)10-11-29(28)45)23-52(33)22-25-8-6-5-7-9-25)53(37(58)24-54)17-15-30(51-41(62)32(20-34(46)55)50-36(57)21-47-4)40(61)48-16-14-35(56)49-31(42(63)64)12-13-38(59)60/h5-11,18-19,23,30-32,39,47,54H,12-17,20-22,24H2,1-4H3,(H2,46,55)(H,48,61)(H,49,56)(H,50,57)(H,51,62)(H,59,60)(H,63,64)/t30-,31-,32-,39-/m0/s1. The first-order valence-corrected chi connectivity index (χ1v) is 20.3. The number of carbonyl (C=O) groups excluding carboxylic acids is 6. The first kappa shape index (κ1) is 51.6. The Morgan fingerprint density at radius 1 is 0.828 bits per heavy atom. The van der Waals surface area contributed by atoms with Crippen molar-refractivity contribution in [3.8, 4) is 11.1 Å². The molecule has 3 aromatic rings. The maximum atomic E-state index is 15.2. The molecule has 2 aromatic carbocycles. The van der Waals surface area contributed by atoms with E-state index in [1.165, 1.54) is 11.9 Å². The van der Waals surface area contributed by atoms with E-state index in [-0.39, 0.29) is 37.2 Å². The molecule has 3 rings (SSSR count). The number of aliphatic hydroxyl groups is 1. The molecule has 64 heavy (non-hydrogen) atoms. The number of halogens is 2. The van der Waals surface area contributed by atoms with E-state index in [4.69, 9.17) is 10.8 Å². The average Bonchev–Trinajstić information content (AvgIpc) is 3.62. The van der Waals surface area contributed by atoms with Gasteiger partial charge in [0.1, 0.15) is 36.4 Å². The molecule has 0 saturated carbocycles. The number of hydrogen-bond acceptors (Lipinski definition) is 10. The van der Waals surface area contributed by atoms with E-state index >= 15 is 4.39 Å². The highest BCUT2D eigenvalue weighted by Crippen LogP contribution is 2.41. The van der Waals surface area contributed by atoms with Gasteiger partial charge in [-0.15, -0.1) is 0 Å². The molecule has 348 valence electrons. The fourth-order valence-electron chi connectivity index (χ4n) is 6.94. The van der Waals surface area contributed by atoms with Gasteiger partial charge in [0, 0.05) is 55.5 Å². The third kappa shape index (κ3) is 15.9. The molecule has 0 radical (unpaired) electrons. The third-order valence-corrected chi connectivity index (χ3v) is 9.85. The van der Waals surface area contributed by atoms with Crippen LogP contribution in [-0.4, -0.2) is 124 Å². The molecule has 0 aliphatic rings. The van der Waals surface area contributed by atoms with Gasteiger partial charge in [0.15, 0.2) is 0 Å². The lowest BCUT2D eigenvalue weighted by molar-refractivity contribution is -0.143. The van der Waals surface area contributed by atoms with Gasteiger partial charge < -0.3 is 57.1 Å². The molecule has 0 aliphatic carbocycles. The Morgan fingerprint density at radius 3 is 2.09 bits per heavy atom. The monoisotopic (exact) mass is 898 g/mol. The predicted octanol–water partition coefficient (Wildman–Crippen LogP) is 0.785. The number of primary amides is 1. The summed E-state index contributed by atoms with van der Waals surface area (Å²) in [5.74, 6) is -9.41. The zero-order valence-electron chi connectivity index (χ0n) is 36.0. The van der Waals surface area contributed by atoms with Crippen LogP contribution in [0.2, 0.25) is 0 Å². The third-order valence-electron chi connectivity index (χ3n) is 9.85. The minimum atomic E-state index is -1.56. The van der Waals surface area contributed by atoms with Crippen LogP contribution in [0.1, 0.15) is 70.2 Å². The van der Waals surface area contributed by atoms with Gasteiger partial charge >= 0.3 is 11.9 Å². The molecule has 0 unspecified atom stereocenters. The molecule has 6 amide bonds. The summed E-state index contributed by atoms with van der Waals surface area (Å²) in [4.78, 5) is 102. The Bertz CT molecular complexity index is 2140. The summed E-state index contributed by atoms with van der Waals surface area (Å²) >= 11 is 0. The Hall–Kier alpha value is -6.74. The summed E-state index contributed by atoms with van der Waals surface area (Å²) in [6, 6.07) is 8.16. The predicted molar refractivity (Wildman–Crippen MR) is 227 cm³/mol. The first-order chi connectivity index (χ1) is 30.1. The number of amides is 6. The maximum Gasteiger partial charge on any atom is 0.326 e. The highest BCUT2D eigenvalue weighted by molar-refractivity contribution is 5.95. The number of aliphatic carboxylic acids is 2. The number of nitrogens with zero attached hydrogens (tertiary/aromatic N) is 2. The minimum Gasteiger partial charge on any atom is -0.481 e. The number of aromatic nitrogens is 1. The number of carboxylic acid groups (broad SMARTS) is 2. The van der Waals surface area contributed by atoms with Crippen molar-refractivity contribution in [1.82, 2.24) is 36.1 Å². The van der Waals surface area contributed by atoms with E-state index in [0.29, 0.717) is 5.69 Å². The molecule has 0 aliphatic heterocycles. The van der Waals surface area contributed by atoms with E-state index in [9.17, 15) is 53.0 Å². The van der Waals surface area contributed by atoms with Gasteiger partial charge in [-0.25, -0.2) is 13.6 Å². The summed E-state index contributed by atoms with van der Waals surface area (Å²) in [6.45, 7) is 3.59. The highest BCUT2D eigenvalue weighted by Gasteiger charge is 2.38. The number of benzene rings is 2. The molecule has 10 N–H and O–H groups in total. The van der Waals surface area contributed by atoms with Crippen LogP contribution in [0, 0.1) is 17.0 Å². The fraction of sp³-hybridized carbons (Fsp3) is 0.442.